The average molecular weight is 373 g/mol. The molecule has 1 aliphatic carbocycles. The molecule has 2 aliphatic rings. The van der Waals surface area contributed by atoms with Crippen molar-refractivity contribution >= 4 is 29.9 Å². The van der Waals surface area contributed by atoms with E-state index >= 15 is 0 Å². The number of hydrogen-bond donors (Lipinski definition) is 2. The van der Waals surface area contributed by atoms with Gasteiger partial charge in [-0.15, -0.1) is 12.4 Å². The summed E-state index contributed by atoms with van der Waals surface area (Å²) in [5.41, 5.74) is 1.12. The molecule has 2 N–H and O–H groups in total. The van der Waals surface area contributed by atoms with Gasteiger partial charge in [-0.3, -0.25) is 4.79 Å². The van der Waals surface area contributed by atoms with Crippen molar-refractivity contribution in [3.05, 3.63) is 34.9 Å². The molecule has 0 atom stereocenters. The minimum Gasteiger partial charge on any atom is -0.381 e. The minimum absolute atomic E-state index is 0. The lowest BCUT2D eigenvalue weighted by atomic mass is 9.74. The average Bonchev–Trinajstić information content (AvgIpc) is 3.38. The Bertz CT molecular complexity index is 544. The molecule has 134 valence electrons. The van der Waals surface area contributed by atoms with Gasteiger partial charge in [-0.2, -0.15) is 0 Å². The fourth-order valence-corrected chi connectivity index (χ4v) is 3.38. The SMILES string of the molecule is Cl.O=C(CNCC1CC1)NCC1(c2cccc(Cl)c2)CCOCC1. The zero-order chi connectivity index (χ0) is 16.1. The molecule has 4 nitrogen and oxygen atoms in total. The second-order valence-electron chi connectivity index (χ2n) is 6.75. The lowest BCUT2D eigenvalue weighted by Gasteiger charge is -2.38. The predicted octanol–water partition coefficient (Wildman–Crippen LogP) is 2.93. The van der Waals surface area contributed by atoms with Gasteiger partial charge < -0.3 is 15.4 Å². The fraction of sp³-hybridized carbons (Fsp3) is 0.611. The van der Waals surface area contributed by atoms with Crippen molar-refractivity contribution in [1.29, 1.82) is 0 Å². The predicted molar refractivity (Wildman–Crippen MR) is 99.0 cm³/mol. The zero-order valence-electron chi connectivity index (χ0n) is 13.9. The van der Waals surface area contributed by atoms with E-state index in [-0.39, 0.29) is 23.7 Å². The first kappa shape index (κ1) is 19.5. The summed E-state index contributed by atoms with van der Waals surface area (Å²) in [4.78, 5) is 12.1. The zero-order valence-corrected chi connectivity index (χ0v) is 15.4. The molecule has 1 aliphatic heterocycles. The van der Waals surface area contributed by atoms with Crippen LogP contribution in [0.1, 0.15) is 31.2 Å². The van der Waals surface area contributed by atoms with E-state index in [9.17, 15) is 4.79 Å². The third-order valence-electron chi connectivity index (χ3n) is 4.93. The van der Waals surface area contributed by atoms with Crippen LogP contribution in [0.4, 0.5) is 0 Å². The maximum absolute atomic E-state index is 12.1. The Labute approximate surface area is 155 Å². The minimum atomic E-state index is -0.0741. The quantitative estimate of drug-likeness (QED) is 0.773. The van der Waals surface area contributed by atoms with Crippen LogP contribution >= 0.6 is 24.0 Å². The van der Waals surface area contributed by atoms with Gasteiger partial charge in [-0.05, 0) is 55.8 Å². The smallest absolute Gasteiger partial charge is 0.233 e. The Morgan fingerprint density at radius 1 is 1.29 bits per heavy atom. The van der Waals surface area contributed by atoms with Crippen LogP contribution in [-0.2, 0) is 14.9 Å². The summed E-state index contributed by atoms with van der Waals surface area (Å²) < 4.78 is 5.52. The van der Waals surface area contributed by atoms with E-state index in [1.165, 1.54) is 18.4 Å². The van der Waals surface area contributed by atoms with Gasteiger partial charge in [0.15, 0.2) is 0 Å². The third kappa shape index (κ3) is 5.35. The fourth-order valence-electron chi connectivity index (χ4n) is 3.19. The van der Waals surface area contributed by atoms with Gasteiger partial charge in [0, 0.05) is 30.2 Å². The second kappa shape index (κ2) is 9.04. The molecular formula is C18H26Cl2N2O2. The van der Waals surface area contributed by atoms with E-state index in [1.54, 1.807) is 0 Å². The number of halogens is 2. The molecule has 3 rings (SSSR count). The molecular weight excluding hydrogens is 347 g/mol. The van der Waals surface area contributed by atoms with Crippen LogP contribution < -0.4 is 10.6 Å². The first-order valence-corrected chi connectivity index (χ1v) is 8.87. The van der Waals surface area contributed by atoms with Crippen molar-refractivity contribution in [3.8, 4) is 0 Å². The highest BCUT2D eigenvalue weighted by molar-refractivity contribution is 6.30. The van der Waals surface area contributed by atoms with Crippen LogP contribution in [0.5, 0.6) is 0 Å². The number of carbonyl (C=O) groups excluding carboxylic acids is 1. The number of ether oxygens (including phenoxy) is 1. The lowest BCUT2D eigenvalue weighted by molar-refractivity contribution is -0.120. The molecule has 1 heterocycles. The van der Waals surface area contributed by atoms with E-state index in [0.29, 0.717) is 13.1 Å². The maximum Gasteiger partial charge on any atom is 0.233 e. The maximum atomic E-state index is 12.1. The van der Waals surface area contributed by atoms with Crippen molar-refractivity contribution in [1.82, 2.24) is 10.6 Å². The summed E-state index contributed by atoms with van der Waals surface area (Å²) in [7, 11) is 0. The van der Waals surface area contributed by atoms with Crippen molar-refractivity contribution in [3.63, 3.8) is 0 Å². The molecule has 6 heteroatoms. The van der Waals surface area contributed by atoms with E-state index in [1.807, 2.05) is 18.2 Å². The van der Waals surface area contributed by atoms with Crippen LogP contribution in [0.3, 0.4) is 0 Å². The van der Waals surface area contributed by atoms with Crippen LogP contribution in [0.2, 0.25) is 5.02 Å². The third-order valence-corrected chi connectivity index (χ3v) is 5.16. The van der Waals surface area contributed by atoms with Gasteiger partial charge in [0.2, 0.25) is 5.91 Å². The summed E-state index contributed by atoms with van der Waals surface area (Å²) in [6.07, 6.45) is 4.41. The van der Waals surface area contributed by atoms with Gasteiger partial charge in [0.25, 0.3) is 0 Å². The molecule has 0 bridgehead atoms. The van der Waals surface area contributed by atoms with Crippen LogP contribution in [-0.4, -0.2) is 38.8 Å². The molecule has 1 saturated heterocycles. The number of nitrogens with one attached hydrogen (secondary N) is 2. The summed E-state index contributed by atoms with van der Waals surface area (Å²) in [5.74, 6) is 0.856. The Morgan fingerprint density at radius 2 is 2.04 bits per heavy atom. The van der Waals surface area contributed by atoms with Gasteiger partial charge in [0.05, 0.1) is 6.54 Å². The van der Waals surface area contributed by atoms with E-state index < -0.39 is 0 Å². The highest BCUT2D eigenvalue weighted by atomic mass is 35.5. The summed E-state index contributed by atoms with van der Waals surface area (Å²) >= 11 is 6.16. The van der Waals surface area contributed by atoms with Crippen molar-refractivity contribution in [2.45, 2.75) is 31.1 Å². The number of hydrogen-bond acceptors (Lipinski definition) is 3. The van der Waals surface area contributed by atoms with Crippen molar-refractivity contribution in [2.75, 3.05) is 32.8 Å². The number of amides is 1. The second-order valence-corrected chi connectivity index (χ2v) is 7.19. The van der Waals surface area contributed by atoms with Gasteiger partial charge >= 0.3 is 0 Å². The van der Waals surface area contributed by atoms with Crippen LogP contribution in [0.15, 0.2) is 24.3 Å². The number of carbonyl (C=O) groups is 1. The molecule has 1 aromatic carbocycles. The first-order valence-electron chi connectivity index (χ1n) is 8.49. The van der Waals surface area contributed by atoms with Crippen LogP contribution in [0, 0.1) is 5.92 Å². The number of rotatable bonds is 7. The standard InChI is InChI=1S/C18H25ClN2O2.ClH/c19-16-3-1-2-15(10-16)18(6-8-23-9-7-18)13-21-17(22)12-20-11-14-4-5-14;/h1-3,10,14,20H,4-9,11-13H2,(H,21,22);1H. The molecule has 0 radical (unpaired) electrons. The van der Waals surface area contributed by atoms with E-state index in [4.69, 9.17) is 16.3 Å². The normalized spacial score (nSPS) is 19.4. The first-order chi connectivity index (χ1) is 11.2. The highest BCUT2D eigenvalue weighted by Crippen LogP contribution is 2.35. The highest BCUT2D eigenvalue weighted by Gasteiger charge is 2.35. The summed E-state index contributed by atoms with van der Waals surface area (Å²) in [6, 6.07) is 7.99. The summed E-state index contributed by atoms with van der Waals surface area (Å²) in [5, 5.41) is 7.09. The van der Waals surface area contributed by atoms with Gasteiger partial charge in [0.1, 0.15) is 0 Å². The Kier molecular flexibility index (Phi) is 7.35. The van der Waals surface area contributed by atoms with Crippen molar-refractivity contribution in [2.24, 2.45) is 5.92 Å². The molecule has 1 saturated carbocycles. The molecule has 1 aromatic rings. The van der Waals surface area contributed by atoms with Crippen molar-refractivity contribution < 1.29 is 9.53 Å². The lowest BCUT2D eigenvalue weighted by Crippen LogP contribution is -2.46. The molecule has 1 amide bonds. The summed E-state index contributed by atoms with van der Waals surface area (Å²) in [6.45, 7) is 3.45. The van der Waals surface area contributed by atoms with Crippen LogP contribution in [0.25, 0.3) is 0 Å². The molecule has 0 unspecified atom stereocenters. The molecule has 2 fully saturated rings. The van der Waals surface area contributed by atoms with Gasteiger partial charge in [-0.1, -0.05) is 23.7 Å². The number of benzene rings is 1. The monoisotopic (exact) mass is 372 g/mol. The van der Waals surface area contributed by atoms with Gasteiger partial charge in [-0.25, -0.2) is 0 Å². The largest absolute Gasteiger partial charge is 0.381 e. The Balaban J connectivity index is 0.00000208. The Morgan fingerprint density at radius 3 is 2.71 bits per heavy atom. The van der Waals surface area contributed by atoms with E-state index in [2.05, 4.69) is 16.7 Å². The molecule has 24 heavy (non-hydrogen) atoms. The molecule has 0 spiro atoms. The van der Waals surface area contributed by atoms with E-state index in [0.717, 1.165) is 43.5 Å². The topological polar surface area (TPSA) is 50.4 Å². The Hall–Kier alpha value is -0.810. The molecule has 0 aromatic heterocycles.